The summed E-state index contributed by atoms with van der Waals surface area (Å²) < 4.78 is 8.23. The Hall–Kier alpha value is -1.43. The molecular formula is C19H32N4O2. The number of nitrogens with zero attached hydrogens (tertiary/aromatic N) is 4. The zero-order valence-electron chi connectivity index (χ0n) is 16.1. The van der Waals surface area contributed by atoms with Crippen LogP contribution in [0.5, 0.6) is 0 Å². The molecule has 0 bridgehead atoms. The molecule has 0 spiro atoms. The molecular weight excluding hydrogens is 316 g/mol. The SMILES string of the molecule is CC(C)[C@@H]1CC[C@@H](C)C[C@@H]1OCC(=O)N(C)Cc1nnc2n1CCC2. The van der Waals surface area contributed by atoms with Gasteiger partial charge >= 0.3 is 0 Å². The van der Waals surface area contributed by atoms with Gasteiger partial charge in [0, 0.05) is 20.0 Å². The molecule has 3 rings (SSSR count). The van der Waals surface area contributed by atoms with Crippen molar-refractivity contribution in [2.45, 2.75) is 72.1 Å². The summed E-state index contributed by atoms with van der Waals surface area (Å²) >= 11 is 0. The summed E-state index contributed by atoms with van der Waals surface area (Å²) in [5.41, 5.74) is 0. The number of rotatable bonds is 6. The molecule has 1 fully saturated rings. The van der Waals surface area contributed by atoms with Crippen molar-refractivity contribution in [3.8, 4) is 0 Å². The van der Waals surface area contributed by atoms with Gasteiger partial charge in [-0.2, -0.15) is 0 Å². The Bertz CT molecular complexity index is 598. The fraction of sp³-hybridized carbons (Fsp3) is 0.842. The van der Waals surface area contributed by atoms with Crippen LogP contribution in [-0.2, 0) is 29.0 Å². The van der Waals surface area contributed by atoms with Crippen LogP contribution in [0.2, 0.25) is 0 Å². The van der Waals surface area contributed by atoms with E-state index in [1.165, 1.54) is 12.8 Å². The molecule has 1 aromatic heterocycles. The summed E-state index contributed by atoms with van der Waals surface area (Å²) in [4.78, 5) is 14.2. The average molecular weight is 348 g/mol. The Morgan fingerprint density at radius 1 is 1.36 bits per heavy atom. The van der Waals surface area contributed by atoms with E-state index in [0.29, 0.717) is 24.3 Å². The van der Waals surface area contributed by atoms with Crippen molar-refractivity contribution in [2.24, 2.45) is 17.8 Å². The van der Waals surface area contributed by atoms with Crippen molar-refractivity contribution in [3.05, 3.63) is 11.6 Å². The molecule has 1 aliphatic carbocycles. The van der Waals surface area contributed by atoms with Crippen molar-refractivity contribution < 1.29 is 9.53 Å². The Balaban J connectivity index is 1.52. The van der Waals surface area contributed by atoms with Gasteiger partial charge in [-0.15, -0.1) is 10.2 Å². The van der Waals surface area contributed by atoms with Gasteiger partial charge in [-0.1, -0.05) is 27.2 Å². The van der Waals surface area contributed by atoms with Crippen LogP contribution in [0.1, 0.15) is 58.1 Å². The number of likely N-dealkylation sites (N-methyl/N-ethyl adjacent to an activating group) is 1. The number of ether oxygens (including phenoxy) is 1. The molecule has 0 saturated heterocycles. The molecule has 0 aromatic carbocycles. The van der Waals surface area contributed by atoms with E-state index in [-0.39, 0.29) is 18.6 Å². The van der Waals surface area contributed by atoms with Crippen LogP contribution >= 0.6 is 0 Å². The Labute approximate surface area is 150 Å². The number of amides is 1. The van der Waals surface area contributed by atoms with Crippen molar-refractivity contribution in [1.82, 2.24) is 19.7 Å². The maximum absolute atomic E-state index is 12.5. The van der Waals surface area contributed by atoms with Gasteiger partial charge in [0.1, 0.15) is 12.4 Å². The molecule has 2 heterocycles. The van der Waals surface area contributed by atoms with E-state index < -0.39 is 0 Å². The lowest BCUT2D eigenvalue weighted by Gasteiger charge is -2.37. The summed E-state index contributed by atoms with van der Waals surface area (Å²) in [6, 6.07) is 0. The van der Waals surface area contributed by atoms with Crippen LogP contribution < -0.4 is 0 Å². The van der Waals surface area contributed by atoms with Crippen LogP contribution in [0.4, 0.5) is 0 Å². The van der Waals surface area contributed by atoms with Crippen molar-refractivity contribution in [1.29, 1.82) is 0 Å². The third-order valence-electron chi connectivity index (χ3n) is 5.87. The second-order valence-electron chi connectivity index (χ2n) is 8.21. The second kappa shape index (κ2) is 7.85. The first-order chi connectivity index (χ1) is 12.0. The lowest BCUT2D eigenvalue weighted by atomic mass is 9.75. The highest BCUT2D eigenvalue weighted by Crippen LogP contribution is 2.35. The summed E-state index contributed by atoms with van der Waals surface area (Å²) in [6.45, 7) is 8.44. The number of hydrogen-bond donors (Lipinski definition) is 0. The van der Waals surface area contributed by atoms with E-state index in [1.807, 2.05) is 7.05 Å². The van der Waals surface area contributed by atoms with Gasteiger partial charge in [0.15, 0.2) is 5.82 Å². The zero-order valence-corrected chi connectivity index (χ0v) is 16.1. The highest BCUT2D eigenvalue weighted by molar-refractivity contribution is 5.77. The maximum atomic E-state index is 12.5. The summed E-state index contributed by atoms with van der Waals surface area (Å²) in [7, 11) is 1.83. The van der Waals surface area contributed by atoms with Crippen LogP contribution in [-0.4, -0.2) is 45.3 Å². The van der Waals surface area contributed by atoms with E-state index in [0.717, 1.165) is 37.5 Å². The molecule has 2 aliphatic rings. The predicted octanol–water partition coefficient (Wildman–Crippen LogP) is 2.66. The normalized spacial score (nSPS) is 26.0. The van der Waals surface area contributed by atoms with Crippen molar-refractivity contribution in [2.75, 3.05) is 13.7 Å². The van der Waals surface area contributed by atoms with Gasteiger partial charge in [-0.25, -0.2) is 0 Å². The first kappa shape index (κ1) is 18.4. The number of aromatic nitrogens is 3. The van der Waals surface area contributed by atoms with Crippen LogP contribution in [0.3, 0.4) is 0 Å². The molecule has 25 heavy (non-hydrogen) atoms. The molecule has 0 unspecified atom stereocenters. The minimum absolute atomic E-state index is 0.0241. The minimum Gasteiger partial charge on any atom is -0.368 e. The Morgan fingerprint density at radius 2 is 2.16 bits per heavy atom. The molecule has 6 heteroatoms. The molecule has 1 aromatic rings. The predicted molar refractivity (Wildman–Crippen MR) is 95.9 cm³/mol. The number of aryl methyl sites for hydroxylation is 1. The van der Waals surface area contributed by atoms with Gasteiger partial charge in [-0.05, 0) is 37.0 Å². The molecule has 3 atom stereocenters. The largest absolute Gasteiger partial charge is 0.368 e. The fourth-order valence-electron chi connectivity index (χ4n) is 4.22. The van der Waals surface area contributed by atoms with Crippen LogP contribution in [0, 0.1) is 17.8 Å². The smallest absolute Gasteiger partial charge is 0.248 e. The molecule has 0 N–H and O–H groups in total. The molecule has 1 amide bonds. The summed E-state index contributed by atoms with van der Waals surface area (Å²) in [5, 5.41) is 8.44. The topological polar surface area (TPSA) is 60.2 Å². The summed E-state index contributed by atoms with van der Waals surface area (Å²) in [6.07, 6.45) is 5.86. The van der Waals surface area contributed by atoms with E-state index in [2.05, 4.69) is 35.5 Å². The van der Waals surface area contributed by atoms with Crippen LogP contribution in [0.25, 0.3) is 0 Å². The number of fused-ring (bicyclic) bond motifs is 1. The lowest BCUT2D eigenvalue weighted by molar-refractivity contribution is -0.141. The maximum Gasteiger partial charge on any atom is 0.248 e. The second-order valence-corrected chi connectivity index (χ2v) is 8.21. The third-order valence-corrected chi connectivity index (χ3v) is 5.87. The Kier molecular flexibility index (Phi) is 5.77. The highest BCUT2D eigenvalue weighted by Gasteiger charge is 2.32. The van der Waals surface area contributed by atoms with Gasteiger partial charge in [0.2, 0.25) is 5.91 Å². The first-order valence-electron chi connectivity index (χ1n) is 9.72. The van der Waals surface area contributed by atoms with Crippen molar-refractivity contribution >= 4 is 5.91 Å². The molecule has 6 nitrogen and oxygen atoms in total. The quantitative estimate of drug-likeness (QED) is 0.793. The average Bonchev–Trinajstić information content (AvgIpc) is 3.17. The van der Waals surface area contributed by atoms with Gasteiger partial charge in [-0.3, -0.25) is 4.79 Å². The lowest BCUT2D eigenvalue weighted by Crippen LogP contribution is -2.38. The molecule has 1 saturated carbocycles. The van der Waals surface area contributed by atoms with E-state index >= 15 is 0 Å². The fourth-order valence-corrected chi connectivity index (χ4v) is 4.22. The van der Waals surface area contributed by atoms with Crippen LogP contribution in [0.15, 0.2) is 0 Å². The number of carbonyl (C=O) groups excluding carboxylic acids is 1. The Morgan fingerprint density at radius 3 is 2.92 bits per heavy atom. The van der Waals surface area contributed by atoms with Gasteiger partial charge in [0.25, 0.3) is 0 Å². The molecule has 0 radical (unpaired) electrons. The van der Waals surface area contributed by atoms with Gasteiger partial charge < -0.3 is 14.2 Å². The number of carbonyl (C=O) groups is 1. The molecule has 1 aliphatic heterocycles. The van der Waals surface area contributed by atoms with E-state index in [9.17, 15) is 4.79 Å². The summed E-state index contributed by atoms with van der Waals surface area (Å²) in [5.74, 6) is 3.80. The zero-order chi connectivity index (χ0) is 18.0. The highest BCUT2D eigenvalue weighted by atomic mass is 16.5. The van der Waals surface area contributed by atoms with Crippen molar-refractivity contribution in [3.63, 3.8) is 0 Å². The van der Waals surface area contributed by atoms with Gasteiger partial charge in [0.05, 0.1) is 12.6 Å². The third kappa shape index (κ3) is 4.22. The van der Waals surface area contributed by atoms with E-state index in [1.54, 1.807) is 4.90 Å². The first-order valence-corrected chi connectivity index (χ1v) is 9.72. The van der Waals surface area contributed by atoms with E-state index in [4.69, 9.17) is 4.74 Å². The number of hydrogen-bond acceptors (Lipinski definition) is 4. The standard InChI is InChI=1S/C19H32N4O2/c1-13(2)15-8-7-14(3)10-16(15)25-12-19(24)22(4)11-18-21-20-17-6-5-9-23(17)18/h13-16H,5-12H2,1-4H3/t14-,15+,16+/m1/s1. The molecule has 140 valence electrons. The monoisotopic (exact) mass is 348 g/mol. The minimum atomic E-state index is 0.0241.